The quantitative estimate of drug-likeness (QED) is 0.125. The number of nitrogens with zero attached hydrogens (tertiary/aromatic N) is 3. The van der Waals surface area contributed by atoms with Crippen molar-refractivity contribution >= 4 is 52.4 Å². The summed E-state index contributed by atoms with van der Waals surface area (Å²) in [6.07, 6.45) is 6.06. The number of rotatable bonds is 12. The Morgan fingerprint density at radius 1 is 1.12 bits per heavy atom. The Balaban J connectivity index is 1.20. The van der Waals surface area contributed by atoms with E-state index in [0.717, 1.165) is 18.4 Å². The van der Waals surface area contributed by atoms with Crippen molar-refractivity contribution in [3.05, 3.63) is 47.7 Å². The van der Waals surface area contributed by atoms with Crippen LogP contribution in [0.4, 0.5) is 10.8 Å². The highest BCUT2D eigenvalue weighted by atomic mass is 35.5. The molecule has 56 heavy (non-hydrogen) atoms. The summed E-state index contributed by atoms with van der Waals surface area (Å²) in [4.78, 5) is 66.1. The van der Waals surface area contributed by atoms with Crippen LogP contribution in [-0.4, -0.2) is 87.3 Å². The van der Waals surface area contributed by atoms with Crippen LogP contribution in [-0.2, 0) is 30.3 Å². The van der Waals surface area contributed by atoms with Crippen LogP contribution in [0, 0.1) is 29.1 Å². The van der Waals surface area contributed by atoms with Crippen LogP contribution in [0.1, 0.15) is 72.3 Å². The summed E-state index contributed by atoms with van der Waals surface area (Å²) >= 11 is 6.62. The number of anilines is 1. The number of benzene rings is 1. The van der Waals surface area contributed by atoms with E-state index >= 15 is 0 Å². The van der Waals surface area contributed by atoms with E-state index in [0.29, 0.717) is 53.0 Å². The van der Waals surface area contributed by atoms with Gasteiger partial charge < -0.3 is 39.8 Å². The molecule has 0 radical (unpaired) electrons. The van der Waals surface area contributed by atoms with Crippen LogP contribution in [0.3, 0.4) is 0 Å². The van der Waals surface area contributed by atoms with Gasteiger partial charge in [0, 0.05) is 23.9 Å². The van der Waals surface area contributed by atoms with Gasteiger partial charge >= 0.3 is 12.1 Å². The minimum Gasteiger partial charge on any atom is -0.506 e. The van der Waals surface area contributed by atoms with Crippen LogP contribution in [0.15, 0.2) is 41.5 Å². The second-order valence-corrected chi connectivity index (χ2v) is 17.7. The molecule has 7 rings (SSSR count). The number of pyridine rings is 1. The largest absolute Gasteiger partial charge is 0.506 e. The summed E-state index contributed by atoms with van der Waals surface area (Å²) in [6.45, 7) is 13.5. The van der Waals surface area contributed by atoms with Gasteiger partial charge in [-0.05, 0) is 99.3 Å². The zero-order chi connectivity index (χ0) is 40.3. The number of nitrogens with one attached hydrogen (secondary N) is 3. The summed E-state index contributed by atoms with van der Waals surface area (Å²) in [5.41, 5.74) is 0.0473. The number of carbonyl (C=O) groups excluding carboxylic acids is 4. The van der Waals surface area contributed by atoms with E-state index in [4.69, 9.17) is 30.5 Å². The van der Waals surface area contributed by atoms with Gasteiger partial charge in [-0.3, -0.25) is 9.59 Å². The summed E-state index contributed by atoms with van der Waals surface area (Å²) in [5, 5.41) is 20.2. The Hall–Kier alpha value is -4.85. The average Bonchev–Trinajstić information content (AvgIpc) is 3.80. The Kier molecular flexibility index (Phi) is 10.5. The van der Waals surface area contributed by atoms with Crippen LogP contribution in [0.5, 0.6) is 5.75 Å². The number of likely N-dealkylation sites (tertiary alicyclic amines) is 1. The highest BCUT2D eigenvalue weighted by Crippen LogP contribution is 2.52. The third kappa shape index (κ3) is 7.76. The smallest absolute Gasteiger partial charge is 0.408 e. The summed E-state index contributed by atoms with van der Waals surface area (Å²) < 4.78 is 16.5. The highest BCUT2D eigenvalue weighted by molar-refractivity contribution is 6.36. The van der Waals surface area contributed by atoms with Gasteiger partial charge in [-0.1, -0.05) is 38.4 Å². The van der Waals surface area contributed by atoms with Crippen LogP contribution in [0.25, 0.3) is 22.3 Å². The van der Waals surface area contributed by atoms with Gasteiger partial charge in [0.15, 0.2) is 0 Å². The molecule has 0 bridgehead atoms. The number of phenols is 1. The van der Waals surface area contributed by atoms with E-state index in [9.17, 15) is 24.3 Å². The van der Waals surface area contributed by atoms with Crippen molar-refractivity contribution in [1.29, 1.82) is 0 Å². The molecule has 4 fully saturated rings. The van der Waals surface area contributed by atoms with E-state index in [1.54, 1.807) is 12.1 Å². The van der Waals surface area contributed by atoms with Gasteiger partial charge in [0.2, 0.25) is 11.8 Å². The lowest BCUT2D eigenvalue weighted by Gasteiger charge is -2.35. The number of aromatic nitrogens is 2. The number of halogens is 1. The molecular weight excluding hydrogens is 740 g/mol. The molecule has 1 aromatic carbocycles. The summed E-state index contributed by atoms with van der Waals surface area (Å²) in [6, 6.07) is 3.51. The fourth-order valence-electron chi connectivity index (χ4n) is 8.56. The maximum Gasteiger partial charge on any atom is 0.408 e. The molecular formula is C41H51ClN6O8. The van der Waals surface area contributed by atoms with Gasteiger partial charge in [-0.15, -0.1) is 6.58 Å². The lowest BCUT2D eigenvalue weighted by Crippen LogP contribution is -2.59. The summed E-state index contributed by atoms with van der Waals surface area (Å²) in [7, 11) is 1.27. The van der Waals surface area contributed by atoms with Crippen molar-refractivity contribution in [1.82, 2.24) is 25.5 Å². The fourth-order valence-corrected chi connectivity index (χ4v) is 8.76. The fraction of sp³-hybridized carbons (Fsp3) is 0.561. The van der Waals surface area contributed by atoms with Gasteiger partial charge in [0.25, 0.3) is 6.01 Å². The molecule has 3 amide bonds. The normalized spacial score (nSPS) is 27.0. The Morgan fingerprint density at radius 3 is 2.50 bits per heavy atom. The SMILES string of the molecule is C=C[C@@H]1CC1(NC(=O)[C@@H]1CC(Cc2cc(-c3coc(NC(C)C)n3)nc3c(Cl)c(O)ccc23)CN1C(=O)[C@@H](NC(=O)O[C@@H]1C[C@@H]2C[C@@H]2C1)C(C)(C)C)C(=O)OC. The molecule has 2 aromatic heterocycles. The molecule has 4 N–H and O–H groups in total. The second-order valence-electron chi connectivity index (χ2n) is 17.3. The van der Waals surface area contributed by atoms with Crippen molar-refractivity contribution in [3.63, 3.8) is 0 Å². The van der Waals surface area contributed by atoms with Gasteiger partial charge in [-0.25, -0.2) is 14.6 Å². The number of ether oxygens (including phenoxy) is 2. The molecule has 3 aromatic rings. The lowest BCUT2D eigenvalue weighted by atomic mass is 9.85. The maximum absolute atomic E-state index is 14.7. The Labute approximate surface area is 331 Å². The number of amides is 3. The first-order chi connectivity index (χ1) is 26.5. The Morgan fingerprint density at radius 2 is 1.86 bits per heavy atom. The first-order valence-corrected chi connectivity index (χ1v) is 19.7. The number of esters is 1. The lowest BCUT2D eigenvalue weighted by molar-refractivity contribution is -0.148. The minimum absolute atomic E-state index is 0.0741. The van der Waals surface area contributed by atoms with Crippen LogP contribution in [0.2, 0.25) is 5.02 Å². The number of aromatic hydroxyl groups is 1. The Bertz CT molecular complexity index is 2050. The van der Waals surface area contributed by atoms with E-state index in [1.165, 1.54) is 30.8 Å². The number of hydrogen-bond acceptors (Lipinski definition) is 11. The van der Waals surface area contributed by atoms with Crippen molar-refractivity contribution in [3.8, 4) is 17.1 Å². The zero-order valence-electron chi connectivity index (χ0n) is 32.7. The number of hydrogen-bond donors (Lipinski definition) is 4. The standard InChI is InChI=1S/C41H51ClN6O8/c1-8-25-17-41(25,37(52)54-7)47-35(50)30-12-21(18-48(30)36(51)34(40(4,5)6)46-39(53)56-26-14-22-13-23(22)15-26)11-24-16-28(29-19-55-38(45-29)43-20(2)3)44-33-27(24)9-10-31(49)32(33)42/h8-10,16,19-23,25-26,30,34,49H,1,11-15,17-18H2,2-7H3,(H,43,45)(H,46,53)(H,47,50)/t21?,22-,23+,25-,26+,30+,34-,41?/m1/s1. The molecule has 4 aliphatic rings. The molecule has 1 aliphatic heterocycles. The van der Waals surface area contributed by atoms with Gasteiger partial charge in [0.05, 0.1) is 18.3 Å². The topological polar surface area (TPSA) is 185 Å². The number of carbonyl (C=O) groups is 4. The first-order valence-electron chi connectivity index (χ1n) is 19.3. The molecule has 3 heterocycles. The predicted molar refractivity (Wildman–Crippen MR) is 209 cm³/mol. The third-order valence-electron chi connectivity index (χ3n) is 11.7. The van der Waals surface area contributed by atoms with E-state index in [-0.39, 0.29) is 47.7 Å². The number of fused-ring (bicyclic) bond motifs is 2. The van der Waals surface area contributed by atoms with Crippen LogP contribution >= 0.6 is 11.6 Å². The molecule has 3 aliphatic carbocycles. The summed E-state index contributed by atoms with van der Waals surface area (Å²) in [5.74, 6) is -1.02. The molecule has 15 heteroatoms. The maximum atomic E-state index is 14.7. The molecule has 3 saturated carbocycles. The minimum atomic E-state index is -1.27. The molecule has 300 valence electrons. The number of oxazole rings is 1. The highest BCUT2D eigenvalue weighted by Gasteiger charge is 2.62. The van der Waals surface area contributed by atoms with Crippen molar-refractivity contribution in [2.24, 2.45) is 29.1 Å². The third-order valence-corrected chi connectivity index (χ3v) is 12.1. The van der Waals surface area contributed by atoms with Gasteiger partial charge in [-0.2, -0.15) is 4.98 Å². The number of phenolic OH excluding ortho intramolecular Hbond substituents is 1. The van der Waals surface area contributed by atoms with Gasteiger partial charge in [0.1, 0.15) is 46.5 Å². The van der Waals surface area contributed by atoms with E-state index in [1.807, 2.05) is 40.7 Å². The van der Waals surface area contributed by atoms with E-state index < -0.39 is 46.9 Å². The molecule has 8 atom stereocenters. The zero-order valence-corrected chi connectivity index (χ0v) is 33.4. The monoisotopic (exact) mass is 790 g/mol. The van der Waals surface area contributed by atoms with Crippen LogP contribution < -0.4 is 16.0 Å². The van der Waals surface area contributed by atoms with Crippen molar-refractivity contribution < 1.29 is 38.2 Å². The predicted octanol–water partition coefficient (Wildman–Crippen LogP) is 6.00. The molecule has 2 unspecified atom stereocenters. The number of methoxy groups -OCH3 is 1. The first kappa shape index (κ1) is 39.4. The second kappa shape index (κ2) is 14.9. The van der Waals surface area contributed by atoms with Crippen molar-refractivity contribution in [2.45, 2.75) is 103 Å². The average molecular weight is 791 g/mol. The number of alkyl carbamates (subject to hydrolysis) is 1. The van der Waals surface area contributed by atoms with Crippen molar-refractivity contribution in [2.75, 3.05) is 19.0 Å². The molecule has 0 spiro atoms. The molecule has 1 saturated heterocycles. The molecule has 14 nitrogen and oxygen atoms in total. The van der Waals surface area contributed by atoms with E-state index in [2.05, 4.69) is 27.5 Å².